The van der Waals surface area contributed by atoms with Crippen LogP contribution in [0, 0.1) is 12.8 Å². The number of piperidine rings is 1. The van der Waals surface area contributed by atoms with Gasteiger partial charge in [-0.05, 0) is 70.3 Å². The number of aryl methyl sites for hydroxylation is 1. The van der Waals surface area contributed by atoms with E-state index in [9.17, 15) is 4.79 Å². The van der Waals surface area contributed by atoms with Crippen molar-refractivity contribution in [2.75, 3.05) is 26.7 Å². The maximum Gasteiger partial charge on any atom is 0.263 e. The molecule has 1 aromatic carbocycles. The molecular weight excluding hydrogens is 347 g/mol. The number of rotatable bonds is 6. The van der Waals surface area contributed by atoms with Crippen LogP contribution in [0.2, 0.25) is 5.02 Å². The van der Waals surface area contributed by atoms with E-state index in [1.54, 1.807) is 13.0 Å². The van der Waals surface area contributed by atoms with Crippen LogP contribution < -0.4 is 10.1 Å². The van der Waals surface area contributed by atoms with Gasteiger partial charge in [-0.25, -0.2) is 0 Å². The molecule has 0 aromatic heterocycles. The van der Waals surface area contributed by atoms with Crippen molar-refractivity contribution in [3.05, 3.63) is 28.8 Å². The van der Waals surface area contributed by atoms with Gasteiger partial charge in [0.1, 0.15) is 5.75 Å². The zero-order valence-electron chi connectivity index (χ0n) is 14.7. The van der Waals surface area contributed by atoms with Gasteiger partial charge in [-0.1, -0.05) is 17.7 Å². The zero-order valence-corrected chi connectivity index (χ0v) is 16.3. The van der Waals surface area contributed by atoms with Crippen LogP contribution in [0.25, 0.3) is 0 Å². The number of carbonyl (C=O) groups is 1. The Balaban J connectivity index is 0.00000288. The average molecular weight is 375 g/mol. The summed E-state index contributed by atoms with van der Waals surface area (Å²) in [4.78, 5) is 14.5. The third-order valence-electron chi connectivity index (χ3n) is 4.47. The Labute approximate surface area is 156 Å². The van der Waals surface area contributed by atoms with Crippen molar-refractivity contribution in [2.24, 2.45) is 5.92 Å². The van der Waals surface area contributed by atoms with Gasteiger partial charge in [-0.2, -0.15) is 0 Å². The van der Waals surface area contributed by atoms with Gasteiger partial charge in [0.25, 0.3) is 5.91 Å². The molecule has 1 amide bonds. The number of ether oxygens (including phenoxy) is 1. The predicted molar refractivity (Wildman–Crippen MR) is 101 cm³/mol. The Morgan fingerprint density at radius 3 is 2.71 bits per heavy atom. The Kier molecular flexibility index (Phi) is 8.88. The molecule has 0 radical (unpaired) electrons. The van der Waals surface area contributed by atoms with Crippen molar-refractivity contribution in [3.8, 4) is 5.75 Å². The molecule has 1 saturated heterocycles. The van der Waals surface area contributed by atoms with Gasteiger partial charge < -0.3 is 15.0 Å². The highest BCUT2D eigenvalue weighted by molar-refractivity contribution is 6.32. The first kappa shape index (κ1) is 21.1. The molecule has 1 unspecified atom stereocenters. The summed E-state index contributed by atoms with van der Waals surface area (Å²) in [5, 5.41) is 3.73. The Morgan fingerprint density at radius 2 is 2.08 bits per heavy atom. The molecule has 2 rings (SSSR count). The van der Waals surface area contributed by atoms with Crippen molar-refractivity contribution in [1.82, 2.24) is 10.2 Å². The van der Waals surface area contributed by atoms with Gasteiger partial charge >= 0.3 is 0 Å². The molecular formula is C18H28Cl2N2O2. The Morgan fingerprint density at radius 1 is 1.42 bits per heavy atom. The molecule has 1 aromatic rings. The van der Waals surface area contributed by atoms with Crippen LogP contribution in [0.1, 0.15) is 31.7 Å². The molecule has 0 spiro atoms. The van der Waals surface area contributed by atoms with Crippen LogP contribution in [0.5, 0.6) is 5.75 Å². The first-order valence-corrected chi connectivity index (χ1v) is 8.75. The zero-order chi connectivity index (χ0) is 16.8. The normalized spacial score (nSPS) is 16.4. The van der Waals surface area contributed by atoms with Crippen molar-refractivity contribution in [1.29, 1.82) is 0 Å². The summed E-state index contributed by atoms with van der Waals surface area (Å²) in [6.07, 6.45) is 2.82. The van der Waals surface area contributed by atoms with Crippen LogP contribution in [0.4, 0.5) is 0 Å². The standard InChI is InChI=1S/C18H27ClN2O2.ClH/c1-13-4-5-16(19)17(12-13)23-14(2)18(22)21-10-7-15(8-11-21)6-9-20-3;/h4-5,12,14-15,20H,6-11H2,1-3H3;1H. The lowest BCUT2D eigenvalue weighted by atomic mass is 9.93. The first-order chi connectivity index (χ1) is 11.0. The number of benzene rings is 1. The van der Waals surface area contributed by atoms with Crippen LogP contribution in [-0.2, 0) is 4.79 Å². The summed E-state index contributed by atoms with van der Waals surface area (Å²) in [6.45, 7) is 6.47. The fourth-order valence-corrected chi connectivity index (χ4v) is 3.15. The second-order valence-electron chi connectivity index (χ2n) is 6.35. The highest BCUT2D eigenvalue weighted by Crippen LogP contribution is 2.27. The van der Waals surface area contributed by atoms with Crippen molar-refractivity contribution in [2.45, 2.75) is 39.2 Å². The summed E-state index contributed by atoms with van der Waals surface area (Å²) in [6, 6.07) is 5.60. The molecule has 0 bridgehead atoms. The first-order valence-electron chi connectivity index (χ1n) is 8.37. The Bertz CT molecular complexity index is 532. The third-order valence-corrected chi connectivity index (χ3v) is 4.78. The average Bonchev–Trinajstić information content (AvgIpc) is 2.56. The minimum absolute atomic E-state index is 0. The quantitative estimate of drug-likeness (QED) is 0.825. The van der Waals surface area contributed by atoms with E-state index in [1.807, 2.05) is 31.0 Å². The smallest absolute Gasteiger partial charge is 0.263 e. The van der Waals surface area contributed by atoms with E-state index in [0.717, 1.165) is 38.0 Å². The van der Waals surface area contributed by atoms with Gasteiger partial charge in [-0.15, -0.1) is 12.4 Å². The van der Waals surface area contributed by atoms with Crippen LogP contribution >= 0.6 is 24.0 Å². The molecule has 1 heterocycles. The fraction of sp³-hybridized carbons (Fsp3) is 0.611. The summed E-state index contributed by atoms with van der Waals surface area (Å²) in [5.74, 6) is 1.35. The Hall–Kier alpha value is -0.970. The largest absolute Gasteiger partial charge is 0.479 e. The molecule has 4 nitrogen and oxygen atoms in total. The second-order valence-corrected chi connectivity index (χ2v) is 6.76. The summed E-state index contributed by atoms with van der Waals surface area (Å²) in [7, 11) is 1.98. The van der Waals surface area contributed by atoms with Gasteiger partial charge in [0.15, 0.2) is 6.10 Å². The molecule has 1 aliphatic rings. The molecule has 24 heavy (non-hydrogen) atoms. The minimum atomic E-state index is -0.511. The molecule has 6 heteroatoms. The van der Waals surface area contributed by atoms with E-state index in [1.165, 1.54) is 6.42 Å². The SMILES string of the molecule is CNCCC1CCN(C(=O)C(C)Oc2cc(C)ccc2Cl)CC1.Cl. The van der Waals surface area contributed by atoms with Crippen LogP contribution in [-0.4, -0.2) is 43.6 Å². The monoisotopic (exact) mass is 374 g/mol. The van der Waals surface area contributed by atoms with Crippen molar-refractivity contribution >= 4 is 29.9 Å². The van der Waals surface area contributed by atoms with Gasteiger partial charge in [-0.3, -0.25) is 4.79 Å². The maximum atomic E-state index is 12.6. The highest BCUT2D eigenvalue weighted by atomic mass is 35.5. The lowest BCUT2D eigenvalue weighted by Gasteiger charge is -2.33. The maximum absolute atomic E-state index is 12.6. The lowest BCUT2D eigenvalue weighted by molar-refractivity contribution is -0.139. The lowest BCUT2D eigenvalue weighted by Crippen LogP contribution is -2.45. The molecule has 1 fully saturated rings. The number of carbonyl (C=O) groups excluding carboxylic acids is 1. The second kappa shape index (κ2) is 10.1. The third kappa shape index (κ3) is 5.83. The number of likely N-dealkylation sites (tertiary alicyclic amines) is 1. The number of hydrogen-bond acceptors (Lipinski definition) is 3. The molecule has 0 aliphatic carbocycles. The van der Waals surface area contributed by atoms with E-state index < -0.39 is 6.10 Å². The summed E-state index contributed by atoms with van der Waals surface area (Å²) in [5.41, 5.74) is 1.06. The fourth-order valence-electron chi connectivity index (χ4n) is 2.99. The number of nitrogens with one attached hydrogen (secondary N) is 1. The molecule has 0 saturated carbocycles. The van der Waals surface area contributed by atoms with Crippen molar-refractivity contribution in [3.63, 3.8) is 0 Å². The van der Waals surface area contributed by atoms with E-state index in [2.05, 4.69) is 5.32 Å². The van der Waals surface area contributed by atoms with E-state index in [4.69, 9.17) is 16.3 Å². The number of nitrogens with zero attached hydrogens (tertiary/aromatic N) is 1. The topological polar surface area (TPSA) is 41.6 Å². The van der Waals surface area contributed by atoms with Crippen LogP contribution in [0.15, 0.2) is 18.2 Å². The van der Waals surface area contributed by atoms with Gasteiger partial charge in [0.2, 0.25) is 0 Å². The predicted octanol–water partition coefficient (Wildman–Crippen LogP) is 3.69. The molecule has 136 valence electrons. The van der Waals surface area contributed by atoms with Gasteiger partial charge in [0, 0.05) is 13.1 Å². The number of hydrogen-bond donors (Lipinski definition) is 1. The van der Waals surface area contributed by atoms with E-state index in [-0.39, 0.29) is 18.3 Å². The van der Waals surface area contributed by atoms with Crippen LogP contribution in [0.3, 0.4) is 0 Å². The number of amides is 1. The van der Waals surface area contributed by atoms with E-state index in [0.29, 0.717) is 16.7 Å². The molecule has 1 aliphatic heterocycles. The molecule has 1 N–H and O–H groups in total. The van der Waals surface area contributed by atoms with E-state index >= 15 is 0 Å². The van der Waals surface area contributed by atoms with Gasteiger partial charge in [0.05, 0.1) is 5.02 Å². The van der Waals surface area contributed by atoms with Crippen molar-refractivity contribution < 1.29 is 9.53 Å². The molecule has 1 atom stereocenters. The number of halogens is 2. The highest BCUT2D eigenvalue weighted by Gasteiger charge is 2.27. The summed E-state index contributed by atoms with van der Waals surface area (Å²) < 4.78 is 5.80. The summed E-state index contributed by atoms with van der Waals surface area (Å²) >= 11 is 6.14. The minimum Gasteiger partial charge on any atom is -0.479 e.